The van der Waals surface area contributed by atoms with Crippen molar-refractivity contribution in [2.75, 3.05) is 5.32 Å². The van der Waals surface area contributed by atoms with E-state index in [0.717, 1.165) is 12.1 Å². The Morgan fingerprint density at radius 2 is 2.25 bits per heavy atom. The van der Waals surface area contributed by atoms with Gasteiger partial charge in [0.15, 0.2) is 10.9 Å². The van der Waals surface area contributed by atoms with E-state index in [9.17, 15) is 9.59 Å². The smallest absolute Gasteiger partial charge is 0.296 e. The number of hydrogen-bond acceptors (Lipinski definition) is 6. The Balaban J connectivity index is 1.84. The van der Waals surface area contributed by atoms with Crippen molar-refractivity contribution in [3.05, 3.63) is 28.6 Å². The second-order valence-corrected chi connectivity index (χ2v) is 6.57. The number of rotatable bonds is 2. The first kappa shape index (κ1) is 13.0. The minimum Gasteiger partial charge on any atom is -0.351 e. The summed E-state index contributed by atoms with van der Waals surface area (Å²) in [6.45, 7) is 4.08. The van der Waals surface area contributed by atoms with Crippen molar-refractivity contribution in [2.45, 2.75) is 26.7 Å². The average molecular weight is 291 g/mol. The van der Waals surface area contributed by atoms with Gasteiger partial charge in [-0.25, -0.2) is 4.98 Å². The van der Waals surface area contributed by atoms with Crippen molar-refractivity contribution in [3.8, 4) is 0 Å². The fraction of sp³-hybridized carbons (Fsp3) is 0.385. The number of ketones is 1. The van der Waals surface area contributed by atoms with Crippen molar-refractivity contribution in [1.29, 1.82) is 0 Å². The number of fused-ring (bicyclic) bond motifs is 1. The highest BCUT2D eigenvalue weighted by Gasteiger charge is 2.34. The van der Waals surface area contributed by atoms with Crippen LogP contribution in [0.25, 0.3) is 0 Å². The van der Waals surface area contributed by atoms with E-state index >= 15 is 0 Å². The molecule has 0 saturated carbocycles. The van der Waals surface area contributed by atoms with Gasteiger partial charge < -0.3 is 4.52 Å². The third-order valence-corrected chi connectivity index (χ3v) is 4.17. The molecule has 7 heteroatoms. The number of nitrogens with one attached hydrogen (secondary N) is 1. The van der Waals surface area contributed by atoms with Crippen LogP contribution in [0.15, 0.2) is 16.8 Å². The molecule has 0 bridgehead atoms. The van der Waals surface area contributed by atoms with Crippen LogP contribution in [0, 0.1) is 5.41 Å². The SMILES string of the molecule is CC1(C)CC(=O)c2sc(NC(=O)c3ccno3)nc2C1. The lowest BCUT2D eigenvalue weighted by molar-refractivity contribution is 0.0915. The van der Waals surface area contributed by atoms with Gasteiger partial charge in [-0.2, -0.15) is 0 Å². The molecule has 1 amide bonds. The molecule has 2 heterocycles. The Hall–Kier alpha value is -2.02. The van der Waals surface area contributed by atoms with Crippen LogP contribution in [-0.2, 0) is 6.42 Å². The molecule has 0 unspecified atom stereocenters. The van der Waals surface area contributed by atoms with E-state index in [1.165, 1.54) is 23.6 Å². The van der Waals surface area contributed by atoms with Crippen LogP contribution in [0.1, 0.15) is 46.2 Å². The quantitative estimate of drug-likeness (QED) is 0.919. The number of nitrogens with zero attached hydrogens (tertiary/aromatic N) is 2. The zero-order valence-electron chi connectivity index (χ0n) is 11.1. The maximum atomic E-state index is 12.1. The van der Waals surface area contributed by atoms with Gasteiger partial charge in [0, 0.05) is 12.5 Å². The predicted octanol–water partition coefficient (Wildman–Crippen LogP) is 2.54. The summed E-state index contributed by atoms with van der Waals surface area (Å²) in [5.41, 5.74) is 0.689. The number of anilines is 1. The molecule has 1 aliphatic carbocycles. The van der Waals surface area contributed by atoms with Gasteiger partial charge in [-0.3, -0.25) is 14.9 Å². The molecule has 6 nitrogen and oxygen atoms in total. The Morgan fingerprint density at radius 3 is 2.95 bits per heavy atom. The highest BCUT2D eigenvalue weighted by Crippen LogP contribution is 2.38. The van der Waals surface area contributed by atoms with Crippen molar-refractivity contribution >= 4 is 28.2 Å². The molecule has 0 saturated heterocycles. The zero-order chi connectivity index (χ0) is 14.3. The first-order valence-electron chi connectivity index (χ1n) is 6.19. The largest absolute Gasteiger partial charge is 0.351 e. The molecule has 0 spiro atoms. The highest BCUT2D eigenvalue weighted by atomic mass is 32.1. The van der Waals surface area contributed by atoms with E-state index in [4.69, 9.17) is 4.52 Å². The predicted molar refractivity (Wildman–Crippen MR) is 73.0 cm³/mol. The fourth-order valence-electron chi connectivity index (χ4n) is 2.27. The van der Waals surface area contributed by atoms with Crippen LogP contribution in [-0.4, -0.2) is 21.8 Å². The average Bonchev–Trinajstić information content (AvgIpc) is 2.95. The number of hydrogen-bond donors (Lipinski definition) is 1. The molecule has 104 valence electrons. The summed E-state index contributed by atoms with van der Waals surface area (Å²) in [7, 11) is 0. The number of carbonyl (C=O) groups excluding carboxylic acids is 2. The lowest BCUT2D eigenvalue weighted by atomic mass is 9.78. The number of Topliss-reactive ketones (excluding diaryl/α,β-unsaturated/α-hetero) is 1. The Morgan fingerprint density at radius 1 is 1.45 bits per heavy atom. The normalized spacial score (nSPS) is 16.8. The van der Waals surface area contributed by atoms with Gasteiger partial charge in [0.05, 0.1) is 16.8 Å². The van der Waals surface area contributed by atoms with Crippen LogP contribution in [0.3, 0.4) is 0 Å². The number of aromatic nitrogens is 2. The van der Waals surface area contributed by atoms with Gasteiger partial charge in [0.1, 0.15) is 0 Å². The second-order valence-electron chi connectivity index (χ2n) is 5.57. The minimum atomic E-state index is -0.416. The molecule has 0 fully saturated rings. The highest BCUT2D eigenvalue weighted by molar-refractivity contribution is 7.17. The third kappa shape index (κ3) is 2.36. The van der Waals surface area contributed by atoms with E-state index < -0.39 is 5.91 Å². The topological polar surface area (TPSA) is 85.1 Å². The number of amides is 1. The van der Waals surface area contributed by atoms with Gasteiger partial charge in [-0.05, 0) is 11.8 Å². The van der Waals surface area contributed by atoms with Crippen molar-refractivity contribution in [2.24, 2.45) is 5.41 Å². The molecule has 0 aromatic carbocycles. The molecule has 20 heavy (non-hydrogen) atoms. The maximum Gasteiger partial charge on any atom is 0.296 e. The Bertz CT molecular complexity index is 673. The minimum absolute atomic E-state index is 0.0790. The summed E-state index contributed by atoms with van der Waals surface area (Å²) in [4.78, 5) is 28.9. The lowest BCUT2D eigenvalue weighted by Gasteiger charge is -2.26. The second kappa shape index (κ2) is 4.52. The molecule has 0 aliphatic heterocycles. The first-order chi connectivity index (χ1) is 9.44. The fourth-order valence-corrected chi connectivity index (χ4v) is 3.18. The lowest BCUT2D eigenvalue weighted by Crippen LogP contribution is -2.26. The summed E-state index contributed by atoms with van der Waals surface area (Å²) in [6, 6.07) is 1.47. The summed E-state index contributed by atoms with van der Waals surface area (Å²) in [5, 5.41) is 6.52. The Kier molecular flexibility index (Phi) is 2.93. The zero-order valence-corrected chi connectivity index (χ0v) is 11.9. The van der Waals surface area contributed by atoms with Crippen molar-refractivity contribution in [1.82, 2.24) is 10.1 Å². The van der Waals surface area contributed by atoms with Crippen LogP contribution in [0.5, 0.6) is 0 Å². The summed E-state index contributed by atoms with van der Waals surface area (Å²) in [5.74, 6) is -0.209. The van der Waals surface area contributed by atoms with Crippen molar-refractivity contribution < 1.29 is 14.1 Å². The molecular formula is C13H13N3O3S. The first-order valence-corrected chi connectivity index (χ1v) is 7.01. The maximum absolute atomic E-state index is 12.1. The molecule has 0 atom stereocenters. The monoisotopic (exact) mass is 291 g/mol. The molecule has 1 N–H and O–H groups in total. The van der Waals surface area contributed by atoms with Gasteiger partial charge in [0.25, 0.3) is 5.91 Å². The number of thiazole rings is 1. The summed E-state index contributed by atoms with van der Waals surface area (Å²) in [6.07, 6.45) is 2.65. The molecule has 0 radical (unpaired) electrons. The number of carbonyl (C=O) groups is 2. The van der Waals surface area contributed by atoms with Gasteiger partial charge >= 0.3 is 0 Å². The van der Waals surface area contributed by atoms with E-state index in [2.05, 4.69) is 15.5 Å². The third-order valence-electron chi connectivity index (χ3n) is 3.12. The van der Waals surface area contributed by atoms with Gasteiger partial charge in [-0.1, -0.05) is 30.3 Å². The molecule has 3 rings (SSSR count). The molecular weight excluding hydrogens is 278 g/mol. The molecule has 1 aliphatic rings. The van der Waals surface area contributed by atoms with E-state index in [1.807, 2.05) is 13.8 Å². The standard InChI is InChI=1S/C13H13N3O3S/c1-13(2)5-7-10(8(17)6-13)20-12(15-7)16-11(18)9-3-4-14-19-9/h3-4H,5-6H2,1-2H3,(H,15,16,18). The van der Waals surface area contributed by atoms with Crippen LogP contribution < -0.4 is 5.32 Å². The van der Waals surface area contributed by atoms with Crippen molar-refractivity contribution in [3.63, 3.8) is 0 Å². The van der Waals surface area contributed by atoms with Crippen LogP contribution in [0.4, 0.5) is 5.13 Å². The van der Waals surface area contributed by atoms with E-state index in [0.29, 0.717) is 16.4 Å². The van der Waals surface area contributed by atoms with Crippen LogP contribution in [0.2, 0.25) is 0 Å². The Labute approximate surface area is 119 Å². The van der Waals surface area contributed by atoms with Gasteiger partial charge in [0.2, 0.25) is 5.76 Å². The van der Waals surface area contributed by atoms with Gasteiger partial charge in [-0.15, -0.1) is 0 Å². The summed E-state index contributed by atoms with van der Waals surface area (Å²) >= 11 is 1.22. The summed E-state index contributed by atoms with van der Waals surface area (Å²) < 4.78 is 4.77. The van der Waals surface area contributed by atoms with Crippen LogP contribution >= 0.6 is 11.3 Å². The molecule has 2 aromatic heterocycles. The van der Waals surface area contributed by atoms with E-state index in [1.54, 1.807) is 0 Å². The van der Waals surface area contributed by atoms with E-state index in [-0.39, 0.29) is 17.0 Å². The molecule has 2 aromatic rings.